The number of rotatable bonds is 2. The van der Waals surface area contributed by atoms with E-state index in [2.05, 4.69) is 0 Å². The smallest absolute Gasteiger partial charge is 0.147 e. The Labute approximate surface area is 118 Å². The summed E-state index contributed by atoms with van der Waals surface area (Å²) >= 11 is 7.37. The average Bonchev–Trinajstić information content (AvgIpc) is 2.94. The second-order valence-corrected chi connectivity index (χ2v) is 5.62. The number of aryl methyl sites for hydroxylation is 1. The fraction of sp³-hybridized carbons (Fsp3) is 0.143. The van der Waals surface area contributed by atoms with E-state index in [1.54, 1.807) is 24.4 Å². The minimum atomic E-state index is -0.928. The van der Waals surface area contributed by atoms with Gasteiger partial charge in [0.1, 0.15) is 23.3 Å². The van der Waals surface area contributed by atoms with Gasteiger partial charge in [-0.3, -0.25) is 0 Å². The van der Waals surface area contributed by atoms with Gasteiger partial charge >= 0.3 is 0 Å². The van der Waals surface area contributed by atoms with Crippen molar-refractivity contribution >= 4 is 33.9 Å². The molecule has 0 amide bonds. The van der Waals surface area contributed by atoms with E-state index in [1.165, 1.54) is 23.5 Å². The number of halogens is 2. The number of thiophene rings is 1. The van der Waals surface area contributed by atoms with E-state index < -0.39 is 6.10 Å². The number of aliphatic hydroxyl groups is 1. The molecule has 1 atom stereocenters. The highest BCUT2D eigenvalue weighted by Crippen LogP contribution is 2.37. The topological polar surface area (TPSA) is 33.4 Å². The predicted molar refractivity (Wildman–Crippen MR) is 74.3 cm³/mol. The molecule has 2 heterocycles. The van der Waals surface area contributed by atoms with Crippen LogP contribution in [0.2, 0.25) is 5.02 Å². The number of hydrogen-bond acceptors (Lipinski definition) is 3. The van der Waals surface area contributed by atoms with Crippen LogP contribution in [0.1, 0.15) is 22.3 Å². The normalized spacial score (nSPS) is 13.1. The van der Waals surface area contributed by atoms with Crippen molar-refractivity contribution in [1.82, 2.24) is 0 Å². The van der Waals surface area contributed by atoms with Crippen LogP contribution in [0.25, 0.3) is 11.0 Å². The zero-order valence-corrected chi connectivity index (χ0v) is 11.6. The highest BCUT2D eigenvalue weighted by molar-refractivity contribution is 7.10. The molecule has 1 N–H and O–H groups in total. The second kappa shape index (κ2) is 4.63. The van der Waals surface area contributed by atoms with Crippen LogP contribution < -0.4 is 0 Å². The van der Waals surface area contributed by atoms with Crippen LogP contribution in [0.5, 0.6) is 0 Å². The Morgan fingerprint density at radius 2 is 2.16 bits per heavy atom. The molecule has 1 aromatic carbocycles. The maximum atomic E-state index is 13.2. The fourth-order valence-corrected chi connectivity index (χ4v) is 3.23. The molecule has 5 heteroatoms. The fourth-order valence-electron chi connectivity index (χ4n) is 2.09. The Balaban J connectivity index is 2.15. The van der Waals surface area contributed by atoms with E-state index in [4.69, 9.17) is 16.0 Å². The van der Waals surface area contributed by atoms with Gasteiger partial charge in [-0.25, -0.2) is 4.39 Å². The maximum Gasteiger partial charge on any atom is 0.147 e. The van der Waals surface area contributed by atoms with Gasteiger partial charge in [-0.15, -0.1) is 11.3 Å². The van der Waals surface area contributed by atoms with Crippen LogP contribution in [0.3, 0.4) is 0 Å². The molecular formula is C14H10ClFO2S. The van der Waals surface area contributed by atoms with E-state index >= 15 is 0 Å². The Morgan fingerprint density at radius 3 is 2.84 bits per heavy atom. The first-order chi connectivity index (χ1) is 9.08. The van der Waals surface area contributed by atoms with Crippen molar-refractivity contribution in [1.29, 1.82) is 0 Å². The van der Waals surface area contributed by atoms with Gasteiger partial charge in [0, 0.05) is 10.9 Å². The van der Waals surface area contributed by atoms with E-state index in [0.29, 0.717) is 26.6 Å². The summed E-state index contributed by atoms with van der Waals surface area (Å²) in [5.74, 6) is 0.0801. The largest absolute Gasteiger partial charge is 0.458 e. The monoisotopic (exact) mass is 296 g/mol. The standard InChI is InChI=1S/C14H10ClFO2S/c1-7-9-6-8(16)2-3-11(9)18-13(7)12(17)14-10(15)4-5-19-14/h2-6,12,17H,1H3. The molecular weight excluding hydrogens is 287 g/mol. The molecule has 0 aliphatic heterocycles. The minimum absolute atomic E-state index is 0.327. The summed E-state index contributed by atoms with van der Waals surface area (Å²) in [5, 5.41) is 13.3. The Kier molecular flexibility index (Phi) is 3.09. The summed E-state index contributed by atoms with van der Waals surface area (Å²) in [6.07, 6.45) is -0.928. The van der Waals surface area contributed by atoms with Gasteiger partial charge < -0.3 is 9.52 Å². The lowest BCUT2D eigenvalue weighted by Gasteiger charge is -2.07. The highest BCUT2D eigenvalue weighted by atomic mass is 35.5. The summed E-state index contributed by atoms with van der Waals surface area (Å²) in [6, 6.07) is 6.02. The van der Waals surface area contributed by atoms with Crippen LogP contribution in [0.15, 0.2) is 34.1 Å². The molecule has 2 nitrogen and oxygen atoms in total. The van der Waals surface area contributed by atoms with E-state index in [0.717, 1.165) is 5.56 Å². The molecule has 0 fully saturated rings. The van der Waals surface area contributed by atoms with Crippen LogP contribution in [-0.4, -0.2) is 5.11 Å². The van der Waals surface area contributed by atoms with Crippen molar-refractivity contribution in [3.8, 4) is 0 Å². The molecule has 0 aliphatic rings. The molecule has 3 rings (SSSR count). The second-order valence-electron chi connectivity index (χ2n) is 4.27. The van der Waals surface area contributed by atoms with Crippen molar-refractivity contribution in [2.24, 2.45) is 0 Å². The first kappa shape index (κ1) is 12.7. The lowest BCUT2D eigenvalue weighted by atomic mass is 10.1. The summed E-state index contributed by atoms with van der Waals surface area (Å²) < 4.78 is 18.9. The summed E-state index contributed by atoms with van der Waals surface area (Å²) in [5.41, 5.74) is 1.28. The zero-order chi connectivity index (χ0) is 13.6. The third-order valence-corrected chi connectivity index (χ3v) is 4.49. The first-order valence-electron chi connectivity index (χ1n) is 5.67. The van der Waals surface area contributed by atoms with Crippen molar-refractivity contribution < 1.29 is 13.9 Å². The van der Waals surface area contributed by atoms with Gasteiger partial charge in [-0.05, 0) is 36.6 Å². The zero-order valence-electron chi connectivity index (χ0n) is 9.98. The molecule has 0 aliphatic carbocycles. The summed E-state index contributed by atoms with van der Waals surface area (Å²) in [6.45, 7) is 1.80. The molecule has 0 radical (unpaired) electrons. The molecule has 3 aromatic rings. The Hall–Kier alpha value is -1.36. The van der Waals surface area contributed by atoms with Crippen LogP contribution in [0, 0.1) is 12.7 Å². The molecule has 1 unspecified atom stereocenters. The number of aliphatic hydroxyl groups excluding tert-OH is 1. The Morgan fingerprint density at radius 1 is 1.37 bits per heavy atom. The van der Waals surface area contributed by atoms with Gasteiger partial charge in [-0.1, -0.05) is 11.6 Å². The molecule has 98 valence electrons. The lowest BCUT2D eigenvalue weighted by molar-refractivity contribution is 0.195. The average molecular weight is 297 g/mol. The molecule has 0 saturated heterocycles. The number of benzene rings is 1. The van der Waals surface area contributed by atoms with Crippen molar-refractivity contribution in [3.63, 3.8) is 0 Å². The highest BCUT2D eigenvalue weighted by Gasteiger charge is 2.23. The van der Waals surface area contributed by atoms with Crippen LogP contribution in [0.4, 0.5) is 4.39 Å². The molecule has 0 saturated carbocycles. The maximum absolute atomic E-state index is 13.2. The summed E-state index contributed by atoms with van der Waals surface area (Å²) in [7, 11) is 0. The third kappa shape index (κ3) is 2.06. The van der Waals surface area contributed by atoms with Gasteiger partial charge in [-0.2, -0.15) is 0 Å². The number of fused-ring (bicyclic) bond motifs is 1. The quantitative estimate of drug-likeness (QED) is 0.745. The van der Waals surface area contributed by atoms with Crippen LogP contribution in [-0.2, 0) is 0 Å². The van der Waals surface area contributed by atoms with E-state index in [9.17, 15) is 9.50 Å². The third-order valence-electron chi connectivity index (χ3n) is 3.08. The van der Waals surface area contributed by atoms with Gasteiger partial charge in [0.15, 0.2) is 0 Å². The van der Waals surface area contributed by atoms with Gasteiger partial charge in [0.05, 0.1) is 9.90 Å². The van der Waals surface area contributed by atoms with Crippen molar-refractivity contribution in [2.45, 2.75) is 13.0 Å². The minimum Gasteiger partial charge on any atom is -0.458 e. The number of furan rings is 1. The van der Waals surface area contributed by atoms with E-state index in [1.807, 2.05) is 0 Å². The van der Waals surface area contributed by atoms with Gasteiger partial charge in [0.2, 0.25) is 0 Å². The molecule has 2 aromatic heterocycles. The van der Waals surface area contributed by atoms with E-state index in [-0.39, 0.29) is 5.82 Å². The van der Waals surface area contributed by atoms with Crippen molar-refractivity contribution in [3.05, 3.63) is 56.7 Å². The van der Waals surface area contributed by atoms with Gasteiger partial charge in [0.25, 0.3) is 0 Å². The predicted octanol–water partition coefficient (Wildman–Crippen LogP) is 4.68. The molecule has 19 heavy (non-hydrogen) atoms. The molecule has 0 bridgehead atoms. The van der Waals surface area contributed by atoms with Crippen LogP contribution >= 0.6 is 22.9 Å². The lowest BCUT2D eigenvalue weighted by Crippen LogP contribution is -1.97. The Bertz CT molecular complexity index is 747. The SMILES string of the molecule is Cc1c(C(O)c2sccc2Cl)oc2ccc(F)cc12. The first-order valence-corrected chi connectivity index (χ1v) is 6.93. The summed E-state index contributed by atoms with van der Waals surface area (Å²) in [4.78, 5) is 0.629. The molecule has 0 spiro atoms. The number of hydrogen-bond donors (Lipinski definition) is 1. The van der Waals surface area contributed by atoms with Crippen molar-refractivity contribution in [2.75, 3.05) is 0 Å².